The summed E-state index contributed by atoms with van der Waals surface area (Å²) in [4.78, 5) is 3.34. The van der Waals surface area contributed by atoms with Gasteiger partial charge in [-0.15, -0.1) is 0 Å². The molecule has 2 aromatic rings. The quantitative estimate of drug-likeness (QED) is 0.759. The summed E-state index contributed by atoms with van der Waals surface area (Å²) in [5, 5.41) is 1.16. The van der Waals surface area contributed by atoms with Crippen molar-refractivity contribution in [1.82, 2.24) is 4.98 Å². The molecular formula is C13H15FN2. The van der Waals surface area contributed by atoms with Crippen LogP contribution in [-0.4, -0.2) is 11.5 Å². The minimum absolute atomic E-state index is 0.185. The predicted octanol–water partition coefficient (Wildman–Crippen LogP) is 2.69. The lowest BCUT2D eigenvalue weighted by Crippen LogP contribution is -2.17. The highest BCUT2D eigenvalue weighted by atomic mass is 19.1. The van der Waals surface area contributed by atoms with Gasteiger partial charge in [-0.1, -0.05) is 0 Å². The van der Waals surface area contributed by atoms with Crippen molar-refractivity contribution in [3.63, 3.8) is 0 Å². The van der Waals surface area contributed by atoms with Crippen LogP contribution in [0.15, 0.2) is 18.2 Å². The molecule has 0 saturated carbocycles. The minimum atomic E-state index is -0.185. The Morgan fingerprint density at radius 1 is 1.44 bits per heavy atom. The number of nitrogens with one attached hydrogen (secondary N) is 1. The van der Waals surface area contributed by atoms with Gasteiger partial charge in [0, 0.05) is 29.1 Å². The maximum absolute atomic E-state index is 13.1. The fourth-order valence-electron chi connectivity index (χ4n) is 2.77. The summed E-state index contributed by atoms with van der Waals surface area (Å²) >= 11 is 0. The zero-order valence-corrected chi connectivity index (χ0v) is 9.09. The van der Waals surface area contributed by atoms with Gasteiger partial charge in [0.05, 0.1) is 0 Å². The van der Waals surface area contributed by atoms with Crippen LogP contribution in [-0.2, 0) is 6.42 Å². The van der Waals surface area contributed by atoms with Gasteiger partial charge in [0.2, 0.25) is 0 Å². The van der Waals surface area contributed by atoms with E-state index in [4.69, 9.17) is 5.73 Å². The van der Waals surface area contributed by atoms with Crippen LogP contribution in [0.2, 0.25) is 0 Å². The summed E-state index contributed by atoms with van der Waals surface area (Å²) in [6.07, 6.45) is 3.40. The Morgan fingerprint density at radius 3 is 3.12 bits per heavy atom. The summed E-state index contributed by atoms with van der Waals surface area (Å²) in [6.45, 7) is 0.669. The molecule has 2 nitrogen and oxygen atoms in total. The van der Waals surface area contributed by atoms with Crippen molar-refractivity contribution in [3.05, 3.63) is 35.3 Å². The average molecular weight is 218 g/mol. The van der Waals surface area contributed by atoms with Gasteiger partial charge in [-0.2, -0.15) is 0 Å². The summed E-state index contributed by atoms with van der Waals surface area (Å²) < 4.78 is 13.1. The van der Waals surface area contributed by atoms with Crippen LogP contribution in [0.1, 0.15) is 30.0 Å². The minimum Gasteiger partial charge on any atom is -0.358 e. The zero-order valence-electron chi connectivity index (χ0n) is 9.09. The van der Waals surface area contributed by atoms with Crippen LogP contribution < -0.4 is 5.73 Å². The molecule has 1 heterocycles. The van der Waals surface area contributed by atoms with Crippen LogP contribution in [0.5, 0.6) is 0 Å². The topological polar surface area (TPSA) is 41.8 Å². The monoisotopic (exact) mass is 218 g/mol. The number of halogens is 1. The van der Waals surface area contributed by atoms with Gasteiger partial charge in [-0.05, 0) is 43.0 Å². The summed E-state index contributed by atoms with van der Waals surface area (Å²) in [5.41, 5.74) is 9.26. The molecule has 1 aromatic carbocycles. The van der Waals surface area contributed by atoms with E-state index in [9.17, 15) is 4.39 Å². The van der Waals surface area contributed by atoms with Crippen LogP contribution in [0.3, 0.4) is 0 Å². The third kappa shape index (κ3) is 1.35. The number of fused-ring (bicyclic) bond motifs is 3. The standard InChI is InChI=1S/C13H15FN2/c14-9-4-5-10-11-3-1-2-8(7-15)13(11)16-12(10)6-9/h4-6,8,16H,1-3,7,15H2. The van der Waals surface area contributed by atoms with E-state index < -0.39 is 0 Å². The van der Waals surface area contributed by atoms with Crippen molar-refractivity contribution in [2.24, 2.45) is 5.73 Å². The molecule has 0 fully saturated rings. The number of rotatable bonds is 1. The van der Waals surface area contributed by atoms with Gasteiger partial charge in [0.25, 0.3) is 0 Å². The molecule has 3 rings (SSSR count). The highest BCUT2D eigenvalue weighted by Crippen LogP contribution is 2.35. The predicted molar refractivity (Wildman–Crippen MR) is 63.0 cm³/mol. The van der Waals surface area contributed by atoms with Crippen molar-refractivity contribution in [2.45, 2.75) is 25.2 Å². The molecule has 0 aliphatic heterocycles. The Balaban J connectivity index is 2.24. The number of aromatic amines is 1. The van der Waals surface area contributed by atoms with Crippen molar-refractivity contribution in [2.75, 3.05) is 6.54 Å². The lowest BCUT2D eigenvalue weighted by atomic mass is 9.87. The molecular weight excluding hydrogens is 203 g/mol. The fourth-order valence-corrected chi connectivity index (χ4v) is 2.77. The lowest BCUT2D eigenvalue weighted by molar-refractivity contribution is 0.553. The van der Waals surface area contributed by atoms with Crippen molar-refractivity contribution in [3.8, 4) is 0 Å². The SMILES string of the molecule is NCC1CCCc2c1[nH]c1cc(F)ccc21. The third-order valence-electron chi connectivity index (χ3n) is 3.57. The van der Waals surface area contributed by atoms with Gasteiger partial charge in [-0.25, -0.2) is 4.39 Å². The maximum atomic E-state index is 13.1. The maximum Gasteiger partial charge on any atom is 0.125 e. The smallest absolute Gasteiger partial charge is 0.125 e. The van der Waals surface area contributed by atoms with E-state index in [1.54, 1.807) is 6.07 Å². The Morgan fingerprint density at radius 2 is 2.31 bits per heavy atom. The molecule has 0 radical (unpaired) electrons. The fraction of sp³-hybridized carbons (Fsp3) is 0.385. The first-order chi connectivity index (χ1) is 7.79. The second-order valence-electron chi connectivity index (χ2n) is 4.53. The first-order valence-corrected chi connectivity index (χ1v) is 5.79. The number of hydrogen-bond donors (Lipinski definition) is 2. The Hall–Kier alpha value is -1.35. The van der Waals surface area contributed by atoms with Crippen LogP contribution in [0.4, 0.5) is 4.39 Å². The van der Waals surface area contributed by atoms with Crippen LogP contribution in [0, 0.1) is 5.82 Å². The van der Waals surface area contributed by atoms with E-state index in [2.05, 4.69) is 4.98 Å². The molecule has 3 heteroatoms. The molecule has 0 spiro atoms. The molecule has 1 aliphatic rings. The van der Waals surface area contributed by atoms with E-state index >= 15 is 0 Å². The number of aromatic nitrogens is 1. The normalized spacial score (nSPS) is 20.0. The van der Waals surface area contributed by atoms with Crippen molar-refractivity contribution >= 4 is 10.9 Å². The first kappa shape index (κ1) is 9.85. The van der Waals surface area contributed by atoms with Crippen molar-refractivity contribution in [1.29, 1.82) is 0 Å². The highest BCUT2D eigenvalue weighted by molar-refractivity contribution is 5.85. The van der Waals surface area contributed by atoms with Gasteiger partial charge in [-0.3, -0.25) is 0 Å². The van der Waals surface area contributed by atoms with E-state index in [1.165, 1.54) is 23.7 Å². The van der Waals surface area contributed by atoms with Crippen LogP contribution >= 0.6 is 0 Å². The molecule has 0 bridgehead atoms. The Bertz CT molecular complexity index is 530. The summed E-state index contributed by atoms with van der Waals surface area (Å²) in [6, 6.07) is 4.97. The van der Waals surface area contributed by atoms with Gasteiger partial charge >= 0.3 is 0 Å². The molecule has 16 heavy (non-hydrogen) atoms. The van der Waals surface area contributed by atoms with Crippen LogP contribution in [0.25, 0.3) is 10.9 Å². The number of aryl methyl sites for hydroxylation is 1. The average Bonchev–Trinajstić information content (AvgIpc) is 2.65. The number of hydrogen-bond acceptors (Lipinski definition) is 1. The second kappa shape index (κ2) is 3.59. The van der Waals surface area contributed by atoms with Gasteiger partial charge in [0.1, 0.15) is 5.82 Å². The number of H-pyrrole nitrogens is 1. The molecule has 3 N–H and O–H groups in total. The molecule has 84 valence electrons. The van der Waals surface area contributed by atoms with E-state index in [0.717, 1.165) is 23.7 Å². The molecule has 1 unspecified atom stereocenters. The molecule has 0 saturated heterocycles. The Kier molecular flexibility index (Phi) is 2.21. The first-order valence-electron chi connectivity index (χ1n) is 5.79. The molecule has 1 atom stereocenters. The Labute approximate surface area is 93.6 Å². The summed E-state index contributed by atoms with van der Waals surface area (Å²) in [7, 11) is 0. The van der Waals surface area contributed by atoms with Gasteiger partial charge in [0.15, 0.2) is 0 Å². The zero-order chi connectivity index (χ0) is 11.1. The lowest BCUT2D eigenvalue weighted by Gasteiger charge is -2.20. The third-order valence-corrected chi connectivity index (χ3v) is 3.57. The van der Waals surface area contributed by atoms with Gasteiger partial charge < -0.3 is 10.7 Å². The highest BCUT2D eigenvalue weighted by Gasteiger charge is 2.23. The molecule has 1 aliphatic carbocycles. The number of nitrogens with two attached hydrogens (primary N) is 1. The largest absolute Gasteiger partial charge is 0.358 e. The van der Waals surface area contributed by atoms with E-state index in [-0.39, 0.29) is 5.82 Å². The van der Waals surface area contributed by atoms with E-state index in [1.807, 2.05) is 6.07 Å². The molecule has 0 amide bonds. The number of benzene rings is 1. The van der Waals surface area contributed by atoms with E-state index in [0.29, 0.717) is 12.5 Å². The van der Waals surface area contributed by atoms with Crippen molar-refractivity contribution < 1.29 is 4.39 Å². The second-order valence-corrected chi connectivity index (χ2v) is 4.53. The molecule has 1 aromatic heterocycles. The summed E-state index contributed by atoms with van der Waals surface area (Å²) in [5.74, 6) is 0.231.